The molecule has 0 bridgehead atoms. The SMILES string of the molecule is O=C(CBr)N1CCc2ccc(F)cc21. The lowest BCUT2D eigenvalue weighted by molar-refractivity contribution is -0.116. The van der Waals surface area contributed by atoms with Crippen LogP contribution in [0.4, 0.5) is 10.1 Å². The van der Waals surface area contributed by atoms with Gasteiger partial charge in [-0.15, -0.1) is 0 Å². The van der Waals surface area contributed by atoms with Gasteiger partial charge >= 0.3 is 0 Å². The van der Waals surface area contributed by atoms with E-state index in [4.69, 9.17) is 0 Å². The summed E-state index contributed by atoms with van der Waals surface area (Å²) >= 11 is 3.11. The van der Waals surface area contributed by atoms with Crippen LogP contribution in [0, 0.1) is 5.82 Å². The van der Waals surface area contributed by atoms with Crippen LogP contribution in [0.3, 0.4) is 0 Å². The third kappa shape index (κ3) is 1.54. The number of carbonyl (C=O) groups is 1. The van der Waals surface area contributed by atoms with Crippen LogP contribution in [0.5, 0.6) is 0 Å². The van der Waals surface area contributed by atoms with Gasteiger partial charge in [0, 0.05) is 12.2 Å². The van der Waals surface area contributed by atoms with Crippen LogP contribution in [-0.4, -0.2) is 17.8 Å². The zero-order chi connectivity index (χ0) is 10.1. The zero-order valence-electron chi connectivity index (χ0n) is 7.46. The number of carbonyl (C=O) groups excluding carboxylic acids is 1. The minimum Gasteiger partial charge on any atom is -0.311 e. The van der Waals surface area contributed by atoms with Crippen molar-refractivity contribution in [1.29, 1.82) is 0 Å². The van der Waals surface area contributed by atoms with Gasteiger partial charge in [-0.1, -0.05) is 22.0 Å². The van der Waals surface area contributed by atoms with Crippen molar-refractivity contribution in [3.05, 3.63) is 29.6 Å². The monoisotopic (exact) mass is 257 g/mol. The number of amides is 1. The minimum absolute atomic E-state index is 0.0191. The molecule has 0 fully saturated rings. The Balaban J connectivity index is 2.38. The Labute approximate surface area is 89.8 Å². The summed E-state index contributed by atoms with van der Waals surface area (Å²) in [6, 6.07) is 4.59. The molecular formula is C10H9BrFNO. The van der Waals surface area contributed by atoms with Crippen molar-refractivity contribution >= 4 is 27.5 Å². The van der Waals surface area contributed by atoms with E-state index in [9.17, 15) is 9.18 Å². The lowest BCUT2D eigenvalue weighted by Crippen LogP contribution is -2.29. The van der Waals surface area contributed by atoms with Crippen molar-refractivity contribution in [2.24, 2.45) is 0 Å². The average Bonchev–Trinajstić information content (AvgIpc) is 2.59. The van der Waals surface area contributed by atoms with Crippen LogP contribution in [-0.2, 0) is 11.2 Å². The topological polar surface area (TPSA) is 20.3 Å². The fourth-order valence-electron chi connectivity index (χ4n) is 1.68. The first-order valence-corrected chi connectivity index (χ1v) is 5.49. The molecule has 74 valence electrons. The zero-order valence-corrected chi connectivity index (χ0v) is 9.05. The molecule has 1 heterocycles. The van der Waals surface area contributed by atoms with E-state index in [1.807, 2.05) is 0 Å². The molecule has 0 spiro atoms. The molecule has 2 nitrogen and oxygen atoms in total. The summed E-state index contributed by atoms with van der Waals surface area (Å²) in [5, 5.41) is 0.281. The highest BCUT2D eigenvalue weighted by Crippen LogP contribution is 2.28. The fourth-order valence-corrected chi connectivity index (χ4v) is 1.99. The third-order valence-electron chi connectivity index (χ3n) is 2.36. The summed E-state index contributed by atoms with van der Waals surface area (Å²) in [4.78, 5) is 13.1. The van der Waals surface area contributed by atoms with Gasteiger partial charge in [0.2, 0.25) is 5.91 Å². The molecule has 0 aromatic heterocycles. The quantitative estimate of drug-likeness (QED) is 0.706. The van der Waals surface area contributed by atoms with E-state index < -0.39 is 0 Å². The van der Waals surface area contributed by atoms with Gasteiger partial charge in [-0.25, -0.2) is 4.39 Å². The first-order valence-electron chi connectivity index (χ1n) is 4.37. The summed E-state index contributed by atoms with van der Waals surface area (Å²) in [7, 11) is 0. The Kier molecular flexibility index (Phi) is 2.54. The molecule has 4 heteroatoms. The van der Waals surface area contributed by atoms with Crippen molar-refractivity contribution in [2.75, 3.05) is 16.8 Å². The summed E-state index contributed by atoms with van der Waals surface area (Å²) in [6.07, 6.45) is 0.814. The van der Waals surface area contributed by atoms with E-state index in [1.165, 1.54) is 12.1 Å². The van der Waals surface area contributed by atoms with Crippen molar-refractivity contribution in [3.63, 3.8) is 0 Å². The molecule has 1 aliphatic heterocycles. The Morgan fingerprint density at radius 3 is 3.07 bits per heavy atom. The van der Waals surface area contributed by atoms with Gasteiger partial charge in [-0.2, -0.15) is 0 Å². The van der Waals surface area contributed by atoms with Gasteiger partial charge in [0.05, 0.1) is 5.33 Å². The van der Waals surface area contributed by atoms with Crippen molar-refractivity contribution in [2.45, 2.75) is 6.42 Å². The van der Waals surface area contributed by atoms with E-state index >= 15 is 0 Å². The average molecular weight is 258 g/mol. The van der Waals surface area contributed by atoms with Gasteiger partial charge in [0.1, 0.15) is 5.82 Å². The first kappa shape index (κ1) is 9.65. The molecule has 1 aliphatic rings. The van der Waals surface area contributed by atoms with Gasteiger partial charge in [0.25, 0.3) is 0 Å². The normalized spacial score (nSPS) is 14.3. The van der Waals surface area contributed by atoms with Gasteiger partial charge in [-0.05, 0) is 24.1 Å². The third-order valence-corrected chi connectivity index (χ3v) is 2.84. The van der Waals surface area contributed by atoms with E-state index in [-0.39, 0.29) is 17.1 Å². The molecule has 1 amide bonds. The molecular weight excluding hydrogens is 249 g/mol. The van der Waals surface area contributed by atoms with Gasteiger partial charge < -0.3 is 4.90 Å². The lowest BCUT2D eigenvalue weighted by atomic mass is 10.2. The molecule has 1 aromatic rings. The van der Waals surface area contributed by atoms with E-state index in [0.717, 1.165) is 17.7 Å². The molecule has 0 saturated heterocycles. The number of rotatable bonds is 1. The number of hydrogen-bond acceptors (Lipinski definition) is 1. The Morgan fingerprint density at radius 2 is 2.36 bits per heavy atom. The molecule has 0 atom stereocenters. The number of halogens is 2. The molecule has 0 aliphatic carbocycles. The maximum atomic E-state index is 13.0. The predicted molar refractivity (Wildman–Crippen MR) is 56.3 cm³/mol. The highest BCUT2D eigenvalue weighted by Gasteiger charge is 2.23. The van der Waals surface area contributed by atoms with Crippen LogP contribution < -0.4 is 4.90 Å². The molecule has 0 radical (unpaired) electrons. The number of hydrogen-bond donors (Lipinski definition) is 0. The summed E-state index contributed by atoms with van der Waals surface area (Å²) in [6.45, 7) is 0.656. The van der Waals surface area contributed by atoms with Crippen molar-refractivity contribution < 1.29 is 9.18 Å². The van der Waals surface area contributed by atoms with E-state index in [2.05, 4.69) is 15.9 Å². The number of anilines is 1. The summed E-state index contributed by atoms with van der Waals surface area (Å²) in [5.41, 5.74) is 1.76. The Hall–Kier alpha value is -0.900. The van der Waals surface area contributed by atoms with Gasteiger partial charge in [0.15, 0.2) is 0 Å². The maximum absolute atomic E-state index is 13.0. The summed E-state index contributed by atoms with van der Waals surface area (Å²) in [5.74, 6) is -0.313. The van der Waals surface area contributed by atoms with Crippen LogP contribution in [0.25, 0.3) is 0 Å². The highest BCUT2D eigenvalue weighted by atomic mass is 79.9. The molecule has 1 aromatic carbocycles. The second-order valence-corrected chi connectivity index (χ2v) is 3.76. The maximum Gasteiger partial charge on any atom is 0.237 e. The predicted octanol–water partition coefficient (Wildman–Crippen LogP) is 2.11. The second kappa shape index (κ2) is 3.69. The molecule has 0 N–H and O–H groups in total. The van der Waals surface area contributed by atoms with Crippen LogP contribution in [0.15, 0.2) is 18.2 Å². The van der Waals surface area contributed by atoms with Crippen molar-refractivity contribution in [1.82, 2.24) is 0 Å². The number of fused-ring (bicyclic) bond motifs is 1. The molecule has 0 unspecified atom stereocenters. The highest BCUT2D eigenvalue weighted by molar-refractivity contribution is 9.09. The number of nitrogens with zero attached hydrogens (tertiary/aromatic N) is 1. The minimum atomic E-state index is -0.293. The van der Waals surface area contributed by atoms with E-state index in [0.29, 0.717) is 6.54 Å². The second-order valence-electron chi connectivity index (χ2n) is 3.20. The molecule has 14 heavy (non-hydrogen) atoms. The fraction of sp³-hybridized carbons (Fsp3) is 0.300. The Morgan fingerprint density at radius 1 is 1.57 bits per heavy atom. The smallest absolute Gasteiger partial charge is 0.237 e. The van der Waals surface area contributed by atoms with Crippen LogP contribution in [0.2, 0.25) is 0 Å². The van der Waals surface area contributed by atoms with Crippen molar-refractivity contribution in [3.8, 4) is 0 Å². The Bertz CT molecular complexity index is 380. The van der Waals surface area contributed by atoms with Gasteiger partial charge in [-0.3, -0.25) is 4.79 Å². The standard InChI is InChI=1S/C10H9BrFNO/c11-6-10(14)13-4-3-7-1-2-8(12)5-9(7)13/h1-2,5H,3-4,6H2. The molecule has 0 saturated carbocycles. The number of alkyl halides is 1. The summed E-state index contributed by atoms with van der Waals surface area (Å²) < 4.78 is 13.0. The van der Waals surface area contributed by atoms with Crippen LogP contribution in [0.1, 0.15) is 5.56 Å². The largest absolute Gasteiger partial charge is 0.311 e. The first-order chi connectivity index (χ1) is 6.72. The number of benzene rings is 1. The van der Waals surface area contributed by atoms with E-state index in [1.54, 1.807) is 11.0 Å². The lowest BCUT2D eigenvalue weighted by Gasteiger charge is -2.15. The van der Waals surface area contributed by atoms with Crippen LogP contribution >= 0.6 is 15.9 Å². The molecule has 2 rings (SSSR count).